The molecule has 0 aromatic carbocycles. The van der Waals surface area contributed by atoms with Gasteiger partial charge in [-0.3, -0.25) is 9.97 Å². The Hall–Kier alpha value is -2.76. The van der Waals surface area contributed by atoms with Crippen LogP contribution in [0.15, 0.2) is 49.2 Å². The van der Waals surface area contributed by atoms with Gasteiger partial charge >= 0.3 is 0 Å². The SMILES string of the molecule is CC(C)Nc1ccncc1-n1cc(-c2cccnc2)nn1. The molecule has 3 rings (SSSR count). The van der Waals surface area contributed by atoms with E-state index in [1.54, 1.807) is 29.5 Å². The highest BCUT2D eigenvalue weighted by atomic mass is 15.4. The highest BCUT2D eigenvalue weighted by Crippen LogP contribution is 2.21. The van der Waals surface area contributed by atoms with Crippen LogP contribution in [-0.2, 0) is 0 Å². The zero-order chi connectivity index (χ0) is 14.7. The van der Waals surface area contributed by atoms with Gasteiger partial charge in [0.25, 0.3) is 0 Å². The molecule has 0 radical (unpaired) electrons. The topological polar surface area (TPSA) is 68.5 Å². The molecule has 0 saturated heterocycles. The van der Waals surface area contributed by atoms with Crippen molar-refractivity contribution in [2.75, 3.05) is 5.32 Å². The molecular formula is C15H16N6. The highest BCUT2D eigenvalue weighted by molar-refractivity contribution is 5.61. The van der Waals surface area contributed by atoms with E-state index < -0.39 is 0 Å². The fourth-order valence-electron chi connectivity index (χ4n) is 2.03. The molecule has 21 heavy (non-hydrogen) atoms. The molecule has 0 bridgehead atoms. The first-order chi connectivity index (χ1) is 10.2. The number of rotatable bonds is 4. The van der Waals surface area contributed by atoms with E-state index >= 15 is 0 Å². The maximum absolute atomic E-state index is 4.20. The minimum atomic E-state index is 0.326. The van der Waals surface area contributed by atoms with Crippen LogP contribution in [0.2, 0.25) is 0 Å². The van der Waals surface area contributed by atoms with Crippen LogP contribution in [0.4, 0.5) is 5.69 Å². The lowest BCUT2D eigenvalue weighted by Crippen LogP contribution is -2.12. The van der Waals surface area contributed by atoms with Gasteiger partial charge in [-0.25, -0.2) is 4.68 Å². The largest absolute Gasteiger partial charge is 0.381 e. The van der Waals surface area contributed by atoms with E-state index in [4.69, 9.17) is 0 Å². The molecule has 0 spiro atoms. The molecule has 3 heterocycles. The molecule has 3 aromatic rings. The van der Waals surface area contributed by atoms with Gasteiger partial charge in [0, 0.05) is 30.2 Å². The first-order valence-electron chi connectivity index (χ1n) is 6.77. The zero-order valence-electron chi connectivity index (χ0n) is 11.9. The summed E-state index contributed by atoms with van der Waals surface area (Å²) in [5.74, 6) is 0. The molecule has 0 aliphatic heterocycles. The molecule has 0 aliphatic rings. The second-order valence-electron chi connectivity index (χ2n) is 4.98. The molecule has 0 saturated carbocycles. The van der Waals surface area contributed by atoms with E-state index in [1.807, 2.05) is 24.4 Å². The number of pyridine rings is 2. The molecule has 1 N–H and O–H groups in total. The molecule has 6 nitrogen and oxygen atoms in total. The Labute approximate surface area is 122 Å². The highest BCUT2D eigenvalue weighted by Gasteiger charge is 2.09. The van der Waals surface area contributed by atoms with Crippen LogP contribution in [-0.4, -0.2) is 31.0 Å². The Balaban J connectivity index is 1.97. The number of hydrogen-bond donors (Lipinski definition) is 1. The Bertz CT molecular complexity index is 720. The zero-order valence-corrected chi connectivity index (χ0v) is 11.9. The van der Waals surface area contributed by atoms with Crippen molar-refractivity contribution in [1.82, 2.24) is 25.0 Å². The third-order valence-electron chi connectivity index (χ3n) is 2.94. The minimum absolute atomic E-state index is 0.326. The summed E-state index contributed by atoms with van der Waals surface area (Å²) in [5, 5.41) is 11.8. The van der Waals surface area contributed by atoms with E-state index in [0.29, 0.717) is 6.04 Å². The molecule has 3 aromatic heterocycles. The summed E-state index contributed by atoms with van der Waals surface area (Å²) in [6, 6.07) is 6.09. The maximum atomic E-state index is 4.20. The van der Waals surface area contributed by atoms with Gasteiger partial charge in [-0.05, 0) is 32.0 Å². The quantitative estimate of drug-likeness (QED) is 0.795. The van der Waals surface area contributed by atoms with Gasteiger partial charge in [0.1, 0.15) is 11.4 Å². The van der Waals surface area contributed by atoms with Crippen LogP contribution in [0, 0.1) is 0 Å². The first-order valence-corrected chi connectivity index (χ1v) is 6.77. The third kappa shape index (κ3) is 2.89. The van der Waals surface area contributed by atoms with Crippen molar-refractivity contribution in [3.05, 3.63) is 49.2 Å². The first kappa shape index (κ1) is 13.2. The van der Waals surface area contributed by atoms with E-state index in [9.17, 15) is 0 Å². The van der Waals surface area contributed by atoms with Gasteiger partial charge in [-0.15, -0.1) is 5.10 Å². The maximum Gasteiger partial charge on any atom is 0.115 e. The van der Waals surface area contributed by atoms with E-state index in [-0.39, 0.29) is 0 Å². The summed E-state index contributed by atoms with van der Waals surface area (Å²) in [7, 11) is 0. The molecule has 0 fully saturated rings. The summed E-state index contributed by atoms with van der Waals surface area (Å²) in [6.45, 7) is 4.18. The third-order valence-corrected chi connectivity index (χ3v) is 2.94. The summed E-state index contributed by atoms with van der Waals surface area (Å²) >= 11 is 0. The average molecular weight is 280 g/mol. The lowest BCUT2D eigenvalue weighted by atomic mass is 10.2. The van der Waals surface area contributed by atoms with Crippen LogP contribution in [0.25, 0.3) is 16.9 Å². The fourth-order valence-corrected chi connectivity index (χ4v) is 2.03. The number of hydrogen-bond acceptors (Lipinski definition) is 5. The van der Waals surface area contributed by atoms with Gasteiger partial charge in [0.15, 0.2) is 0 Å². The lowest BCUT2D eigenvalue weighted by molar-refractivity contribution is 0.795. The van der Waals surface area contributed by atoms with Crippen LogP contribution in [0.3, 0.4) is 0 Å². The normalized spacial score (nSPS) is 10.8. The van der Waals surface area contributed by atoms with Crippen molar-refractivity contribution in [3.8, 4) is 16.9 Å². The predicted molar refractivity (Wildman–Crippen MR) is 81.1 cm³/mol. The van der Waals surface area contributed by atoms with E-state index in [1.165, 1.54) is 0 Å². The van der Waals surface area contributed by atoms with Gasteiger partial charge in [-0.1, -0.05) is 5.21 Å². The molecule has 0 amide bonds. The fraction of sp³-hybridized carbons (Fsp3) is 0.200. The summed E-state index contributed by atoms with van der Waals surface area (Å²) in [6.07, 6.45) is 8.91. The molecule has 6 heteroatoms. The van der Waals surface area contributed by atoms with E-state index in [2.05, 4.69) is 39.4 Å². The van der Waals surface area contributed by atoms with Crippen LogP contribution in [0.5, 0.6) is 0 Å². The molecule has 106 valence electrons. The number of anilines is 1. The summed E-state index contributed by atoms with van der Waals surface area (Å²) in [5.41, 5.74) is 3.56. The lowest BCUT2D eigenvalue weighted by Gasteiger charge is -2.13. The van der Waals surface area contributed by atoms with Crippen LogP contribution >= 0.6 is 0 Å². The second-order valence-corrected chi connectivity index (χ2v) is 4.98. The van der Waals surface area contributed by atoms with Crippen LogP contribution in [0.1, 0.15) is 13.8 Å². The van der Waals surface area contributed by atoms with Crippen molar-refractivity contribution in [1.29, 1.82) is 0 Å². The Morgan fingerprint density at radius 2 is 1.95 bits per heavy atom. The Morgan fingerprint density at radius 1 is 1.10 bits per heavy atom. The molecule has 0 unspecified atom stereocenters. The van der Waals surface area contributed by atoms with Gasteiger partial charge in [0.05, 0.1) is 18.1 Å². The van der Waals surface area contributed by atoms with Gasteiger partial charge in [0.2, 0.25) is 0 Å². The van der Waals surface area contributed by atoms with Gasteiger partial charge in [-0.2, -0.15) is 0 Å². The monoisotopic (exact) mass is 280 g/mol. The number of nitrogens with one attached hydrogen (secondary N) is 1. The summed E-state index contributed by atoms with van der Waals surface area (Å²) in [4.78, 5) is 8.27. The molecule has 0 aliphatic carbocycles. The minimum Gasteiger partial charge on any atom is -0.381 e. The van der Waals surface area contributed by atoms with Crippen molar-refractivity contribution in [2.24, 2.45) is 0 Å². The Kier molecular flexibility index (Phi) is 3.59. The molecule has 0 atom stereocenters. The number of aromatic nitrogens is 5. The molecular weight excluding hydrogens is 264 g/mol. The smallest absolute Gasteiger partial charge is 0.115 e. The predicted octanol–water partition coefficient (Wildman–Crippen LogP) is 2.54. The van der Waals surface area contributed by atoms with Crippen LogP contribution < -0.4 is 5.32 Å². The second kappa shape index (κ2) is 5.70. The standard InChI is InChI=1S/C15H16N6/c1-11(2)18-13-5-7-17-9-15(13)21-10-14(19-20-21)12-4-3-6-16-8-12/h3-11H,1-2H3,(H,17,18). The van der Waals surface area contributed by atoms with Gasteiger partial charge < -0.3 is 5.32 Å². The van der Waals surface area contributed by atoms with Crippen molar-refractivity contribution in [2.45, 2.75) is 19.9 Å². The van der Waals surface area contributed by atoms with Crippen molar-refractivity contribution >= 4 is 5.69 Å². The number of nitrogens with zero attached hydrogens (tertiary/aromatic N) is 5. The van der Waals surface area contributed by atoms with Crippen molar-refractivity contribution < 1.29 is 0 Å². The van der Waals surface area contributed by atoms with Crippen molar-refractivity contribution in [3.63, 3.8) is 0 Å². The average Bonchev–Trinajstić information content (AvgIpc) is 2.98. The summed E-state index contributed by atoms with van der Waals surface area (Å²) < 4.78 is 1.72. The Morgan fingerprint density at radius 3 is 2.71 bits per heavy atom. The van der Waals surface area contributed by atoms with E-state index in [0.717, 1.165) is 22.6 Å².